The number of nitrogens with zero attached hydrogens (tertiary/aromatic N) is 2. The molecule has 4 nitrogen and oxygen atoms in total. The third-order valence-electron chi connectivity index (χ3n) is 2.75. The number of phenolic OH excluding ortho intramolecular Hbond substituents is 1. The van der Waals surface area contributed by atoms with Gasteiger partial charge in [-0.1, -0.05) is 18.2 Å². The van der Waals surface area contributed by atoms with Crippen LogP contribution in [0.15, 0.2) is 36.8 Å². The highest BCUT2D eigenvalue weighted by molar-refractivity contribution is 5.31. The maximum atomic E-state index is 9.61. The van der Waals surface area contributed by atoms with Crippen molar-refractivity contribution < 1.29 is 5.11 Å². The Bertz CT molecular complexity index is 479. The molecule has 1 aromatic heterocycles. The number of rotatable bonds is 5. The molecule has 0 radical (unpaired) electrons. The fourth-order valence-corrected chi connectivity index (χ4v) is 1.77. The van der Waals surface area contributed by atoms with E-state index in [1.165, 1.54) is 0 Å². The molecule has 1 aromatic carbocycles. The van der Waals surface area contributed by atoms with E-state index in [4.69, 9.17) is 0 Å². The zero-order valence-corrected chi connectivity index (χ0v) is 9.93. The van der Waals surface area contributed by atoms with Crippen molar-refractivity contribution in [3.05, 3.63) is 48.0 Å². The number of aromatic nitrogens is 2. The number of aryl methyl sites for hydroxylation is 1. The molecular formula is C13H17N3O. The number of para-hydroxylation sites is 1. The van der Waals surface area contributed by atoms with Crippen LogP contribution in [0.5, 0.6) is 5.75 Å². The van der Waals surface area contributed by atoms with Crippen molar-refractivity contribution in [1.82, 2.24) is 14.9 Å². The van der Waals surface area contributed by atoms with Crippen molar-refractivity contribution in [2.24, 2.45) is 0 Å². The molecule has 90 valence electrons. The van der Waals surface area contributed by atoms with Crippen molar-refractivity contribution in [3.8, 4) is 5.75 Å². The van der Waals surface area contributed by atoms with Gasteiger partial charge in [0.05, 0.1) is 12.0 Å². The summed E-state index contributed by atoms with van der Waals surface area (Å²) in [5, 5.41) is 12.9. The number of imidazole rings is 1. The molecule has 0 atom stereocenters. The molecule has 4 heteroatoms. The van der Waals surface area contributed by atoms with E-state index in [0.29, 0.717) is 12.3 Å². The van der Waals surface area contributed by atoms with E-state index >= 15 is 0 Å². The van der Waals surface area contributed by atoms with Crippen LogP contribution in [0.2, 0.25) is 0 Å². The molecule has 0 amide bonds. The lowest BCUT2D eigenvalue weighted by Gasteiger charge is -2.08. The molecule has 0 bridgehead atoms. The summed E-state index contributed by atoms with van der Waals surface area (Å²) in [5.41, 5.74) is 2.07. The standard InChI is InChI=1S/C13H17N3O/c1-2-16-10-15-9-12(16)8-14-7-11-5-3-4-6-13(11)17/h3-6,9-10,14,17H,2,7-8H2,1H3. The summed E-state index contributed by atoms with van der Waals surface area (Å²) >= 11 is 0. The Morgan fingerprint density at radius 2 is 2.12 bits per heavy atom. The van der Waals surface area contributed by atoms with Crippen LogP contribution in [0.4, 0.5) is 0 Å². The number of benzene rings is 1. The van der Waals surface area contributed by atoms with E-state index in [-0.39, 0.29) is 0 Å². The summed E-state index contributed by atoms with van der Waals surface area (Å²) in [7, 11) is 0. The molecule has 2 N–H and O–H groups in total. The molecule has 0 spiro atoms. The Kier molecular flexibility index (Phi) is 3.77. The molecule has 0 aliphatic carbocycles. The number of phenols is 1. The first-order valence-corrected chi connectivity index (χ1v) is 5.78. The van der Waals surface area contributed by atoms with Crippen molar-refractivity contribution in [1.29, 1.82) is 0 Å². The summed E-state index contributed by atoms with van der Waals surface area (Å²) in [5.74, 6) is 0.337. The van der Waals surface area contributed by atoms with Crippen LogP contribution in [0, 0.1) is 0 Å². The van der Waals surface area contributed by atoms with Gasteiger partial charge in [0.2, 0.25) is 0 Å². The molecule has 0 aliphatic rings. The second kappa shape index (κ2) is 5.50. The maximum absolute atomic E-state index is 9.61. The molecule has 2 rings (SSSR count). The second-order valence-corrected chi connectivity index (χ2v) is 3.90. The summed E-state index contributed by atoms with van der Waals surface area (Å²) in [6.07, 6.45) is 3.69. The lowest BCUT2D eigenvalue weighted by Crippen LogP contribution is -2.15. The molecule has 0 saturated carbocycles. The zero-order valence-electron chi connectivity index (χ0n) is 9.93. The van der Waals surface area contributed by atoms with Crippen molar-refractivity contribution >= 4 is 0 Å². The first kappa shape index (κ1) is 11.7. The van der Waals surface area contributed by atoms with Gasteiger partial charge >= 0.3 is 0 Å². The second-order valence-electron chi connectivity index (χ2n) is 3.90. The highest BCUT2D eigenvalue weighted by atomic mass is 16.3. The maximum Gasteiger partial charge on any atom is 0.120 e. The zero-order chi connectivity index (χ0) is 12.1. The molecule has 17 heavy (non-hydrogen) atoms. The van der Waals surface area contributed by atoms with Crippen molar-refractivity contribution in [2.75, 3.05) is 0 Å². The van der Waals surface area contributed by atoms with E-state index in [0.717, 1.165) is 24.3 Å². The predicted octanol–water partition coefficient (Wildman–Crippen LogP) is 1.90. The summed E-state index contributed by atoms with van der Waals surface area (Å²) in [6.45, 7) is 4.42. The van der Waals surface area contributed by atoms with E-state index in [1.807, 2.05) is 30.7 Å². The minimum atomic E-state index is 0.337. The predicted molar refractivity (Wildman–Crippen MR) is 66.6 cm³/mol. The van der Waals surface area contributed by atoms with Crippen LogP contribution < -0.4 is 5.32 Å². The molecule has 2 aromatic rings. The minimum absolute atomic E-state index is 0.337. The summed E-state index contributed by atoms with van der Waals surface area (Å²) < 4.78 is 2.10. The SMILES string of the molecule is CCn1cncc1CNCc1ccccc1O. The van der Waals surface area contributed by atoms with Crippen LogP contribution in [0.25, 0.3) is 0 Å². The van der Waals surface area contributed by atoms with Crippen LogP contribution >= 0.6 is 0 Å². The Balaban J connectivity index is 1.90. The fraction of sp³-hybridized carbons (Fsp3) is 0.308. The first-order valence-electron chi connectivity index (χ1n) is 5.78. The summed E-state index contributed by atoms with van der Waals surface area (Å²) in [6, 6.07) is 7.37. The molecule has 0 saturated heterocycles. The van der Waals surface area contributed by atoms with Crippen LogP contribution in [0.1, 0.15) is 18.2 Å². The Labute approximate surface area is 101 Å². The molecular weight excluding hydrogens is 214 g/mol. The van der Waals surface area contributed by atoms with Crippen molar-refractivity contribution in [2.45, 2.75) is 26.6 Å². The van der Waals surface area contributed by atoms with Crippen LogP contribution in [-0.4, -0.2) is 14.7 Å². The average Bonchev–Trinajstić information content (AvgIpc) is 2.79. The third-order valence-corrected chi connectivity index (χ3v) is 2.75. The van der Waals surface area contributed by atoms with Gasteiger partial charge in [-0.2, -0.15) is 0 Å². The lowest BCUT2D eigenvalue weighted by molar-refractivity contribution is 0.464. The van der Waals surface area contributed by atoms with Crippen LogP contribution in [-0.2, 0) is 19.6 Å². The van der Waals surface area contributed by atoms with Gasteiger partial charge in [0.25, 0.3) is 0 Å². The first-order chi connectivity index (χ1) is 8.31. The number of nitrogens with one attached hydrogen (secondary N) is 1. The number of hydrogen-bond acceptors (Lipinski definition) is 3. The lowest BCUT2D eigenvalue weighted by atomic mass is 10.2. The molecule has 0 unspecified atom stereocenters. The topological polar surface area (TPSA) is 50.1 Å². The number of hydrogen-bond donors (Lipinski definition) is 2. The fourth-order valence-electron chi connectivity index (χ4n) is 1.77. The van der Waals surface area contributed by atoms with Gasteiger partial charge in [-0.15, -0.1) is 0 Å². The minimum Gasteiger partial charge on any atom is -0.508 e. The van der Waals surface area contributed by atoms with Gasteiger partial charge < -0.3 is 15.0 Å². The van der Waals surface area contributed by atoms with Gasteiger partial charge in [0.1, 0.15) is 5.75 Å². The normalized spacial score (nSPS) is 10.6. The van der Waals surface area contributed by atoms with E-state index in [2.05, 4.69) is 21.8 Å². The molecule has 0 fully saturated rings. The largest absolute Gasteiger partial charge is 0.508 e. The van der Waals surface area contributed by atoms with Crippen molar-refractivity contribution in [3.63, 3.8) is 0 Å². The Morgan fingerprint density at radius 1 is 1.29 bits per heavy atom. The van der Waals surface area contributed by atoms with E-state index in [1.54, 1.807) is 6.07 Å². The third kappa shape index (κ3) is 2.85. The average molecular weight is 231 g/mol. The highest BCUT2D eigenvalue weighted by Crippen LogP contribution is 2.14. The quantitative estimate of drug-likeness (QED) is 0.826. The Hall–Kier alpha value is -1.81. The highest BCUT2D eigenvalue weighted by Gasteiger charge is 2.01. The van der Waals surface area contributed by atoms with E-state index < -0.39 is 0 Å². The van der Waals surface area contributed by atoms with Gasteiger partial charge in [-0.05, 0) is 13.0 Å². The summed E-state index contributed by atoms with van der Waals surface area (Å²) in [4.78, 5) is 4.11. The molecule has 1 heterocycles. The van der Waals surface area contributed by atoms with Crippen LogP contribution in [0.3, 0.4) is 0 Å². The smallest absolute Gasteiger partial charge is 0.120 e. The Morgan fingerprint density at radius 3 is 2.88 bits per heavy atom. The number of aromatic hydroxyl groups is 1. The van der Waals surface area contributed by atoms with Gasteiger partial charge in [0.15, 0.2) is 0 Å². The van der Waals surface area contributed by atoms with Gasteiger partial charge in [0, 0.05) is 31.4 Å². The molecule has 0 aliphatic heterocycles. The van der Waals surface area contributed by atoms with Gasteiger partial charge in [-0.3, -0.25) is 0 Å². The van der Waals surface area contributed by atoms with E-state index in [9.17, 15) is 5.11 Å². The van der Waals surface area contributed by atoms with Gasteiger partial charge in [-0.25, -0.2) is 4.98 Å². The monoisotopic (exact) mass is 231 g/mol.